The third kappa shape index (κ3) is 2.82. The van der Waals surface area contributed by atoms with E-state index in [-0.39, 0.29) is 5.82 Å². The lowest BCUT2D eigenvalue weighted by Crippen LogP contribution is -1.94. The van der Waals surface area contributed by atoms with Crippen LogP contribution in [0.2, 0.25) is 0 Å². The Bertz CT molecular complexity index is 478. The van der Waals surface area contributed by atoms with Crippen LogP contribution in [-0.4, -0.2) is 9.78 Å². The molecule has 0 saturated heterocycles. The molecule has 0 aliphatic heterocycles. The first-order valence-corrected chi connectivity index (χ1v) is 5.49. The third-order valence-electron chi connectivity index (χ3n) is 2.00. The molecule has 0 bridgehead atoms. The molecule has 5 heteroatoms. The number of benzene rings is 1. The summed E-state index contributed by atoms with van der Waals surface area (Å²) in [5.41, 5.74) is 0.947. The highest BCUT2D eigenvalue weighted by molar-refractivity contribution is 9.10. The SMILES string of the molecule is Cn1cc(COc2cc(F)cc(Br)c2)cn1. The molecule has 0 fully saturated rings. The Labute approximate surface area is 101 Å². The predicted molar refractivity (Wildman–Crippen MR) is 61.6 cm³/mol. The third-order valence-corrected chi connectivity index (χ3v) is 2.46. The molecular weight excluding hydrogens is 275 g/mol. The molecule has 0 atom stereocenters. The van der Waals surface area contributed by atoms with Gasteiger partial charge in [0.1, 0.15) is 18.2 Å². The van der Waals surface area contributed by atoms with E-state index in [2.05, 4.69) is 21.0 Å². The summed E-state index contributed by atoms with van der Waals surface area (Å²) in [7, 11) is 1.84. The maximum Gasteiger partial charge on any atom is 0.128 e. The van der Waals surface area contributed by atoms with Crippen molar-refractivity contribution in [2.24, 2.45) is 7.05 Å². The van der Waals surface area contributed by atoms with Crippen molar-refractivity contribution in [2.75, 3.05) is 0 Å². The average molecular weight is 285 g/mol. The number of nitrogens with zero attached hydrogens (tertiary/aromatic N) is 2. The van der Waals surface area contributed by atoms with Crippen molar-refractivity contribution in [3.05, 3.63) is 46.4 Å². The van der Waals surface area contributed by atoms with Crippen LogP contribution in [0.25, 0.3) is 0 Å². The molecule has 2 aromatic rings. The molecule has 0 N–H and O–H groups in total. The van der Waals surface area contributed by atoms with E-state index in [9.17, 15) is 4.39 Å². The summed E-state index contributed by atoms with van der Waals surface area (Å²) in [4.78, 5) is 0. The Morgan fingerprint density at radius 2 is 2.25 bits per heavy atom. The molecule has 0 spiro atoms. The molecule has 1 aromatic carbocycles. The standard InChI is InChI=1S/C11H10BrFN2O/c1-15-6-8(5-14-15)7-16-11-3-9(12)2-10(13)4-11/h2-6H,7H2,1H3. The second kappa shape index (κ2) is 4.65. The first-order chi connectivity index (χ1) is 7.63. The zero-order valence-corrected chi connectivity index (χ0v) is 10.2. The highest BCUT2D eigenvalue weighted by Crippen LogP contribution is 2.21. The van der Waals surface area contributed by atoms with Crippen LogP contribution in [0.4, 0.5) is 4.39 Å². The molecular formula is C11H10BrFN2O. The Hall–Kier alpha value is -1.36. The Morgan fingerprint density at radius 1 is 1.44 bits per heavy atom. The van der Waals surface area contributed by atoms with Gasteiger partial charge in [-0.1, -0.05) is 15.9 Å². The topological polar surface area (TPSA) is 27.1 Å². The van der Waals surface area contributed by atoms with E-state index in [1.807, 2.05) is 13.2 Å². The first kappa shape index (κ1) is 11.1. The number of ether oxygens (including phenoxy) is 1. The second-order valence-electron chi connectivity index (χ2n) is 3.42. The summed E-state index contributed by atoms with van der Waals surface area (Å²) in [6.07, 6.45) is 3.57. The molecule has 0 unspecified atom stereocenters. The van der Waals surface area contributed by atoms with Gasteiger partial charge in [0, 0.05) is 29.3 Å². The lowest BCUT2D eigenvalue weighted by atomic mass is 10.3. The normalized spacial score (nSPS) is 10.4. The average Bonchev–Trinajstić information content (AvgIpc) is 2.60. The van der Waals surface area contributed by atoms with Crippen molar-refractivity contribution in [3.8, 4) is 5.75 Å². The van der Waals surface area contributed by atoms with Crippen LogP contribution in [0.3, 0.4) is 0 Å². The molecule has 16 heavy (non-hydrogen) atoms. The number of aromatic nitrogens is 2. The van der Waals surface area contributed by atoms with E-state index in [1.165, 1.54) is 12.1 Å². The lowest BCUT2D eigenvalue weighted by molar-refractivity contribution is 0.304. The van der Waals surface area contributed by atoms with Crippen LogP contribution >= 0.6 is 15.9 Å². The summed E-state index contributed by atoms with van der Waals surface area (Å²) in [6.45, 7) is 0.379. The summed E-state index contributed by atoms with van der Waals surface area (Å²) >= 11 is 3.21. The highest BCUT2D eigenvalue weighted by atomic mass is 79.9. The van der Waals surface area contributed by atoms with Crippen molar-refractivity contribution < 1.29 is 9.13 Å². The van der Waals surface area contributed by atoms with Crippen LogP contribution in [-0.2, 0) is 13.7 Å². The Balaban J connectivity index is 2.04. The van der Waals surface area contributed by atoms with Crippen LogP contribution in [0, 0.1) is 5.82 Å². The minimum Gasteiger partial charge on any atom is -0.489 e. The monoisotopic (exact) mass is 284 g/mol. The van der Waals surface area contributed by atoms with E-state index in [0.717, 1.165) is 5.56 Å². The van der Waals surface area contributed by atoms with Crippen LogP contribution in [0.5, 0.6) is 5.75 Å². The quantitative estimate of drug-likeness (QED) is 0.867. The van der Waals surface area contributed by atoms with E-state index < -0.39 is 0 Å². The number of aryl methyl sites for hydroxylation is 1. The fourth-order valence-electron chi connectivity index (χ4n) is 1.32. The molecule has 84 valence electrons. The van der Waals surface area contributed by atoms with E-state index >= 15 is 0 Å². The first-order valence-electron chi connectivity index (χ1n) is 4.70. The van der Waals surface area contributed by atoms with Gasteiger partial charge in [-0.25, -0.2) is 4.39 Å². The lowest BCUT2D eigenvalue weighted by Gasteiger charge is -2.05. The van der Waals surface area contributed by atoms with Gasteiger partial charge in [-0.3, -0.25) is 4.68 Å². The maximum atomic E-state index is 13.0. The largest absolute Gasteiger partial charge is 0.489 e. The molecule has 1 heterocycles. The minimum absolute atomic E-state index is 0.324. The van der Waals surface area contributed by atoms with Crippen LogP contribution in [0.15, 0.2) is 35.1 Å². The van der Waals surface area contributed by atoms with Crippen molar-refractivity contribution in [1.82, 2.24) is 9.78 Å². The van der Waals surface area contributed by atoms with E-state index in [0.29, 0.717) is 16.8 Å². The summed E-state index contributed by atoms with van der Waals surface area (Å²) in [6, 6.07) is 4.46. The second-order valence-corrected chi connectivity index (χ2v) is 4.33. The van der Waals surface area contributed by atoms with Gasteiger partial charge in [-0.05, 0) is 12.1 Å². The molecule has 2 rings (SSSR count). The minimum atomic E-state index is -0.324. The van der Waals surface area contributed by atoms with Crippen LogP contribution < -0.4 is 4.74 Å². The molecule has 0 saturated carbocycles. The Morgan fingerprint density at radius 3 is 2.88 bits per heavy atom. The molecule has 1 aromatic heterocycles. The molecule has 0 aliphatic carbocycles. The van der Waals surface area contributed by atoms with Crippen molar-refractivity contribution in [3.63, 3.8) is 0 Å². The fourth-order valence-corrected chi connectivity index (χ4v) is 1.77. The van der Waals surface area contributed by atoms with Crippen molar-refractivity contribution in [2.45, 2.75) is 6.61 Å². The Kier molecular flexibility index (Phi) is 3.24. The summed E-state index contributed by atoms with van der Waals surface area (Å²) in [5, 5.41) is 4.02. The van der Waals surface area contributed by atoms with Gasteiger partial charge < -0.3 is 4.74 Å². The zero-order chi connectivity index (χ0) is 11.5. The smallest absolute Gasteiger partial charge is 0.128 e. The van der Waals surface area contributed by atoms with Crippen molar-refractivity contribution in [1.29, 1.82) is 0 Å². The highest BCUT2D eigenvalue weighted by Gasteiger charge is 2.01. The summed E-state index contributed by atoms with van der Waals surface area (Å²) < 4.78 is 20.8. The molecule has 3 nitrogen and oxygen atoms in total. The van der Waals surface area contributed by atoms with Gasteiger partial charge in [0.25, 0.3) is 0 Å². The maximum absolute atomic E-state index is 13.0. The van der Waals surface area contributed by atoms with Crippen molar-refractivity contribution >= 4 is 15.9 Å². The number of hydrogen-bond donors (Lipinski definition) is 0. The number of hydrogen-bond acceptors (Lipinski definition) is 2. The number of rotatable bonds is 3. The number of halogens is 2. The van der Waals surface area contributed by atoms with Gasteiger partial charge in [0.15, 0.2) is 0 Å². The van der Waals surface area contributed by atoms with Gasteiger partial charge in [0.05, 0.1) is 6.20 Å². The van der Waals surface area contributed by atoms with Gasteiger partial charge in [0.2, 0.25) is 0 Å². The van der Waals surface area contributed by atoms with E-state index in [4.69, 9.17) is 4.74 Å². The van der Waals surface area contributed by atoms with Gasteiger partial charge >= 0.3 is 0 Å². The predicted octanol–water partition coefficient (Wildman–Crippen LogP) is 2.90. The van der Waals surface area contributed by atoms with Gasteiger partial charge in [-0.2, -0.15) is 5.10 Å². The fraction of sp³-hybridized carbons (Fsp3) is 0.182. The molecule has 0 radical (unpaired) electrons. The molecule has 0 aliphatic rings. The zero-order valence-electron chi connectivity index (χ0n) is 8.65. The molecule has 0 amide bonds. The van der Waals surface area contributed by atoms with E-state index in [1.54, 1.807) is 16.9 Å². The van der Waals surface area contributed by atoms with Crippen LogP contribution in [0.1, 0.15) is 5.56 Å². The summed E-state index contributed by atoms with van der Waals surface area (Å²) in [5.74, 6) is 0.172. The van der Waals surface area contributed by atoms with Gasteiger partial charge in [-0.15, -0.1) is 0 Å².